The fourth-order valence-corrected chi connectivity index (χ4v) is 2.22. The average molecular weight is 291 g/mol. The molecule has 1 aromatic carbocycles. The Hall–Kier alpha value is -2.37. The summed E-state index contributed by atoms with van der Waals surface area (Å²) < 4.78 is 15.6. The number of halogens is 1. The first kappa shape index (κ1) is 15.0. The second kappa shape index (κ2) is 5.95. The molecule has 0 bridgehead atoms. The molecule has 0 fully saturated rings. The van der Waals surface area contributed by atoms with Gasteiger partial charge >= 0.3 is 5.69 Å². The predicted octanol–water partition coefficient (Wildman–Crippen LogP) is 1.50. The van der Waals surface area contributed by atoms with Crippen LogP contribution in [0.25, 0.3) is 0 Å². The molecule has 112 valence electrons. The Morgan fingerprint density at radius 2 is 2.00 bits per heavy atom. The van der Waals surface area contributed by atoms with E-state index in [2.05, 4.69) is 0 Å². The average Bonchev–Trinajstić information content (AvgIpc) is 2.43. The Labute approximate surface area is 121 Å². The first-order chi connectivity index (χ1) is 9.93. The Bertz CT molecular complexity index is 777. The Morgan fingerprint density at radius 3 is 2.62 bits per heavy atom. The van der Waals surface area contributed by atoms with Crippen molar-refractivity contribution in [2.24, 2.45) is 0 Å². The minimum atomic E-state index is -0.518. The Balaban J connectivity index is 2.53. The van der Waals surface area contributed by atoms with E-state index in [0.29, 0.717) is 17.7 Å². The number of aromatic nitrogens is 2. The van der Waals surface area contributed by atoms with Crippen molar-refractivity contribution in [1.29, 1.82) is 0 Å². The van der Waals surface area contributed by atoms with Crippen LogP contribution in [0.5, 0.6) is 0 Å². The standard InChI is InChI=1S/C15H18FN3O2/c1-3-6-18-9-13(17)14(20)19(15(18)21)8-11-4-5-12(16)7-10(11)2/h4-5,7,9H,3,6,8,17H2,1-2H3. The third-order valence-corrected chi connectivity index (χ3v) is 3.36. The van der Waals surface area contributed by atoms with Gasteiger partial charge in [-0.3, -0.25) is 13.9 Å². The SMILES string of the molecule is CCCn1cc(N)c(=O)n(Cc2ccc(F)cc2C)c1=O. The fourth-order valence-electron chi connectivity index (χ4n) is 2.22. The van der Waals surface area contributed by atoms with Gasteiger partial charge in [-0.25, -0.2) is 9.18 Å². The molecule has 0 radical (unpaired) electrons. The van der Waals surface area contributed by atoms with Crippen LogP contribution in [0.15, 0.2) is 34.0 Å². The summed E-state index contributed by atoms with van der Waals surface area (Å²) in [5.74, 6) is -0.348. The zero-order valence-corrected chi connectivity index (χ0v) is 12.1. The van der Waals surface area contributed by atoms with Crippen LogP contribution in [0, 0.1) is 12.7 Å². The summed E-state index contributed by atoms with van der Waals surface area (Å²) in [6.07, 6.45) is 2.13. The van der Waals surface area contributed by atoms with Crippen LogP contribution in [0.1, 0.15) is 24.5 Å². The van der Waals surface area contributed by atoms with E-state index in [9.17, 15) is 14.0 Å². The zero-order valence-electron chi connectivity index (χ0n) is 12.1. The van der Waals surface area contributed by atoms with E-state index < -0.39 is 11.2 Å². The summed E-state index contributed by atoms with van der Waals surface area (Å²) in [5, 5.41) is 0. The largest absolute Gasteiger partial charge is 0.393 e. The van der Waals surface area contributed by atoms with Crippen molar-refractivity contribution in [3.8, 4) is 0 Å². The number of nitrogens with zero attached hydrogens (tertiary/aromatic N) is 2. The van der Waals surface area contributed by atoms with Crippen LogP contribution in [0.3, 0.4) is 0 Å². The molecule has 2 rings (SSSR count). The quantitative estimate of drug-likeness (QED) is 0.928. The maximum absolute atomic E-state index is 13.1. The minimum Gasteiger partial charge on any atom is -0.393 e. The van der Waals surface area contributed by atoms with Crippen molar-refractivity contribution in [2.75, 3.05) is 5.73 Å². The van der Waals surface area contributed by atoms with Gasteiger partial charge < -0.3 is 5.73 Å². The lowest BCUT2D eigenvalue weighted by Crippen LogP contribution is -2.41. The van der Waals surface area contributed by atoms with Gasteiger partial charge in [-0.15, -0.1) is 0 Å². The van der Waals surface area contributed by atoms with Gasteiger partial charge in [0.15, 0.2) is 0 Å². The number of rotatable bonds is 4. The Morgan fingerprint density at radius 1 is 1.29 bits per heavy atom. The first-order valence-corrected chi connectivity index (χ1v) is 6.78. The van der Waals surface area contributed by atoms with Gasteiger partial charge in [-0.2, -0.15) is 0 Å². The van der Waals surface area contributed by atoms with Crippen LogP contribution in [0.2, 0.25) is 0 Å². The van der Waals surface area contributed by atoms with Crippen LogP contribution < -0.4 is 17.0 Å². The lowest BCUT2D eigenvalue weighted by molar-refractivity contribution is 0.571. The maximum atomic E-state index is 13.1. The highest BCUT2D eigenvalue weighted by molar-refractivity contribution is 5.32. The maximum Gasteiger partial charge on any atom is 0.331 e. The van der Waals surface area contributed by atoms with Crippen molar-refractivity contribution in [2.45, 2.75) is 33.4 Å². The van der Waals surface area contributed by atoms with Gasteiger partial charge in [0, 0.05) is 12.7 Å². The first-order valence-electron chi connectivity index (χ1n) is 6.78. The molecule has 2 N–H and O–H groups in total. The molecule has 5 nitrogen and oxygen atoms in total. The molecule has 21 heavy (non-hydrogen) atoms. The van der Waals surface area contributed by atoms with Gasteiger partial charge in [0.2, 0.25) is 0 Å². The smallest absolute Gasteiger partial charge is 0.331 e. The molecule has 0 saturated carbocycles. The summed E-state index contributed by atoms with van der Waals surface area (Å²) in [6.45, 7) is 4.24. The van der Waals surface area contributed by atoms with Crippen molar-refractivity contribution >= 4 is 5.69 Å². The number of anilines is 1. The van der Waals surface area contributed by atoms with Gasteiger partial charge in [-0.05, 0) is 36.6 Å². The van der Waals surface area contributed by atoms with Gasteiger partial charge in [0.25, 0.3) is 5.56 Å². The number of benzene rings is 1. The summed E-state index contributed by atoms with van der Waals surface area (Å²) in [7, 11) is 0. The topological polar surface area (TPSA) is 70.0 Å². The molecule has 0 spiro atoms. The van der Waals surface area contributed by atoms with Crippen LogP contribution in [0.4, 0.5) is 10.1 Å². The van der Waals surface area contributed by atoms with E-state index in [-0.39, 0.29) is 18.0 Å². The summed E-state index contributed by atoms with van der Waals surface area (Å²) in [5.41, 5.74) is 6.19. The molecule has 1 heterocycles. The third kappa shape index (κ3) is 3.04. The zero-order chi connectivity index (χ0) is 15.6. The molecule has 2 aromatic rings. The second-order valence-corrected chi connectivity index (χ2v) is 5.02. The molecule has 0 saturated heterocycles. The monoisotopic (exact) mass is 291 g/mol. The van der Waals surface area contributed by atoms with Crippen molar-refractivity contribution in [3.63, 3.8) is 0 Å². The summed E-state index contributed by atoms with van der Waals surface area (Å²) in [4.78, 5) is 24.4. The van der Waals surface area contributed by atoms with Gasteiger partial charge in [0.1, 0.15) is 11.5 Å². The van der Waals surface area contributed by atoms with Crippen molar-refractivity contribution in [3.05, 3.63) is 62.2 Å². The highest BCUT2D eigenvalue weighted by Gasteiger charge is 2.11. The molecule has 6 heteroatoms. The highest BCUT2D eigenvalue weighted by atomic mass is 19.1. The highest BCUT2D eigenvalue weighted by Crippen LogP contribution is 2.10. The van der Waals surface area contributed by atoms with Gasteiger partial charge in [-0.1, -0.05) is 13.0 Å². The summed E-state index contributed by atoms with van der Waals surface area (Å²) in [6, 6.07) is 4.26. The van der Waals surface area contributed by atoms with Crippen molar-refractivity contribution in [1.82, 2.24) is 9.13 Å². The number of aryl methyl sites for hydroxylation is 2. The number of hydrogen-bond acceptors (Lipinski definition) is 3. The van der Waals surface area contributed by atoms with Crippen LogP contribution >= 0.6 is 0 Å². The molecular weight excluding hydrogens is 273 g/mol. The molecule has 0 aliphatic rings. The Kier molecular flexibility index (Phi) is 4.26. The predicted molar refractivity (Wildman–Crippen MR) is 79.9 cm³/mol. The summed E-state index contributed by atoms with van der Waals surface area (Å²) >= 11 is 0. The van der Waals surface area contributed by atoms with E-state index in [1.165, 1.54) is 22.9 Å². The lowest BCUT2D eigenvalue weighted by atomic mass is 10.1. The van der Waals surface area contributed by atoms with Crippen LogP contribution in [-0.4, -0.2) is 9.13 Å². The molecule has 0 aliphatic carbocycles. The number of nitrogens with two attached hydrogens (primary N) is 1. The van der Waals surface area contributed by atoms with E-state index >= 15 is 0 Å². The minimum absolute atomic E-state index is 0.0304. The van der Waals surface area contributed by atoms with E-state index in [1.807, 2.05) is 6.92 Å². The normalized spacial score (nSPS) is 10.8. The molecule has 0 unspecified atom stereocenters. The number of hydrogen-bond donors (Lipinski definition) is 1. The molecule has 0 amide bonds. The van der Waals surface area contributed by atoms with Crippen LogP contribution in [-0.2, 0) is 13.1 Å². The third-order valence-electron chi connectivity index (χ3n) is 3.36. The van der Waals surface area contributed by atoms with E-state index in [0.717, 1.165) is 11.0 Å². The van der Waals surface area contributed by atoms with Gasteiger partial charge in [0.05, 0.1) is 6.54 Å². The lowest BCUT2D eigenvalue weighted by Gasteiger charge is -2.12. The molecule has 1 aromatic heterocycles. The van der Waals surface area contributed by atoms with E-state index in [1.54, 1.807) is 13.0 Å². The number of nitrogen functional groups attached to an aromatic ring is 1. The fraction of sp³-hybridized carbons (Fsp3) is 0.333. The molecule has 0 aliphatic heterocycles. The van der Waals surface area contributed by atoms with Crippen molar-refractivity contribution < 1.29 is 4.39 Å². The van der Waals surface area contributed by atoms with E-state index in [4.69, 9.17) is 5.73 Å². The second-order valence-electron chi connectivity index (χ2n) is 5.02. The molecule has 0 atom stereocenters. The molecular formula is C15H18FN3O2.